The zero-order chi connectivity index (χ0) is 28.0. The largest absolute Gasteiger partial charge is 0.307 e. The van der Waals surface area contributed by atoms with E-state index in [1.54, 1.807) is 6.33 Å². The van der Waals surface area contributed by atoms with Gasteiger partial charge in [-0.15, -0.1) is 0 Å². The quantitative estimate of drug-likeness (QED) is 0.124. The van der Waals surface area contributed by atoms with Gasteiger partial charge in [-0.3, -0.25) is 9.40 Å². The standard InChI is InChI=1S/C33H46N5O/c1-26(2)13-10-14-27(3)15-11-16-28(4)17-12-18-29(5)21-22-38-25-37(6)33-31(38)32(34-24-35-33)36-39-23-30-19-8-7-9-20-30/h7-9,13,15,17,19-21,24-25H,10-12,14,16,18,22-23H2,1-6H3,(H,34,35,36)/q+1/b27-15+,28-17+,29-21+. The molecule has 1 aromatic carbocycles. The molecule has 0 aliphatic rings. The van der Waals surface area contributed by atoms with Crippen LogP contribution in [0, 0.1) is 0 Å². The van der Waals surface area contributed by atoms with Crippen LogP contribution in [0.1, 0.15) is 78.7 Å². The molecule has 6 nitrogen and oxygen atoms in total. The van der Waals surface area contributed by atoms with Crippen molar-refractivity contribution >= 4 is 17.0 Å². The number of aryl methyl sites for hydroxylation is 1. The maximum absolute atomic E-state index is 5.76. The Morgan fingerprint density at radius 2 is 1.46 bits per heavy atom. The van der Waals surface area contributed by atoms with Crippen LogP contribution in [0.3, 0.4) is 0 Å². The Hall–Kier alpha value is -3.51. The molecule has 0 aliphatic heterocycles. The number of hydrogen-bond acceptors (Lipinski definition) is 4. The predicted molar refractivity (Wildman–Crippen MR) is 162 cm³/mol. The first-order chi connectivity index (χ1) is 18.8. The van der Waals surface area contributed by atoms with Gasteiger partial charge in [-0.1, -0.05) is 81.9 Å². The van der Waals surface area contributed by atoms with Gasteiger partial charge < -0.3 is 0 Å². The van der Waals surface area contributed by atoms with E-state index in [4.69, 9.17) is 4.84 Å². The Morgan fingerprint density at radius 3 is 2.10 bits per heavy atom. The highest BCUT2D eigenvalue weighted by Crippen LogP contribution is 2.19. The van der Waals surface area contributed by atoms with Gasteiger partial charge in [-0.05, 0) is 78.7 Å². The van der Waals surface area contributed by atoms with Crippen molar-refractivity contribution in [3.05, 3.63) is 95.1 Å². The maximum atomic E-state index is 5.76. The molecule has 0 atom stereocenters. The van der Waals surface area contributed by atoms with Crippen molar-refractivity contribution in [2.45, 2.75) is 86.3 Å². The lowest BCUT2D eigenvalue weighted by Crippen LogP contribution is -2.26. The zero-order valence-corrected chi connectivity index (χ0v) is 24.7. The van der Waals surface area contributed by atoms with Crippen LogP contribution in [0.25, 0.3) is 11.2 Å². The number of allylic oxidation sites excluding steroid dienone is 8. The van der Waals surface area contributed by atoms with E-state index in [1.165, 1.54) is 22.3 Å². The summed E-state index contributed by atoms with van der Waals surface area (Å²) in [6.07, 6.45) is 19.7. The molecule has 0 saturated heterocycles. The second-order valence-electron chi connectivity index (χ2n) is 10.7. The summed E-state index contributed by atoms with van der Waals surface area (Å²) in [4.78, 5) is 14.7. The Labute approximate surface area is 234 Å². The van der Waals surface area contributed by atoms with E-state index in [0.29, 0.717) is 12.4 Å². The number of anilines is 1. The molecule has 39 heavy (non-hydrogen) atoms. The summed E-state index contributed by atoms with van der Waals surface area (Å²) in [5.41, 5.74) is 11.7. The minimum absolute atomic E-state index is 0.456. The normalized spacial score (nSPS) is 12.7. The third kappa shape index (κ3) is 10.3. The summed E-state index contributed by atoms with van der Waals surface area (Å²) in [6.45, 7) is 12.3. The molecular weight excluding hydrogens is 482 g/mol. The number of aromatic nitrogens is 4. The number of benzene rings is 1. The molecule has 0 amide bonds. The smallest absolute Gasteiger partial charge is 0.270 e. The number of nitrogens with one attached hydrogen (secondary N) is 1. The fourth-order valence-corrected chi connectivity index (χ4v) is 4.43. The molecule has 0 saturated carbocycles. The summed E-state index contributed by atoms with van der Waals surface area (Å²) >= 11 is 0. The fourth-order valence-electron chi connectivity index (χ4n) is 4.43. The highest BCUT2D eigenvalue weighted by molar-refractivity contribution is 5.80. The van der Waals surface area contributed by atoms with Crippen molar-refractivity contribution < 1.29 is 9.40 Å². The lowest BCUT2D eigenvalue weighted by Gasteiger charge is -2.07. The minimum atomic E-state index is 0.456. The summed E-state index contributed by atoms with van der Waals surface area (Å²) < 4.78 is 4.19. The van der Waals surface area contributed by atoms with Gasteiger partial charge >= 0.3 is 5.65 Å². The van der Waals surface area contributed by atoms with Crippen LogP contribution in [0.5, 0.6) is 0 Å². The molecule has 0 aliphatic carbocycles. The second-order valence-corrected chi connectivity index (χ2v) is 10.7. The van der Waals surface area contributed by atoms with Crippen LogP contribution in [-0.2, 0) is 25.0 Å². The minimum Gasteiger partial charge on any atom is -0.270 e. The Bertz CT molecular complexity index is 1310. The highest BCUT2D eigenvalue weighted by Gasteiger charge is 2.19. The molecule has 0 bridgehead atoms. The van der Waals surface area contributed by atoms with Crippen molar-refractivity contribution in [1.82, 2.24) is 14.5 Å². The average molecular weight is 529 g/mol. The molecule has 208 valence electrons. The van der Waals surface area contributed by atoms with E-state index in [2.05, 4.69) is 85.3 Å². The summed E-state index contributed by atoms with van der Waals surface area (Å²) in [5, 5.41) is 0. The lowest BCUT2D eigenvalue weighted by atomic mass is 10.0. The Morgan fingerprint density at radius 1 is 0.846 bits per heavy atom. The van der Waals surface area contributed by atoms with Gasteiger partial charge in [-0.25, -0.2) is 10.0 Å². The van der Waals surface area contributed by atoms with Crippen molar-refractivity contribution in [3.63, 3.8) is 0 Å². The van der Waals surface area contributed by atoms with Crippen molar-refractivity contribution in [2.75, 3.05) is 5.48 Å². The molecule has 3 aromatic rings. The summed E-state index contributed by atoms with van der Waals surface area (Å²) in [7, 11) is 2.00. The average Bonchev–Trinajstić information content (AvgIpc) is 3.24. The SMILES string of the molecule is CC(C)=CCC/C(C)=C/CC/C(C)=C/CC/C(C)=C/Cn1c[n+](C)c2ncnc(NOCc3ccccc3)c21. The Kier molecular flexibility index (Phi) is 12.2. The topological polar surface area (TPSA) is 55.9 Å². The van der Waals surface area contributed by atoms with Gasteiger partial charge in [0.15, 0.2) is 18.5 Å². The Balaban J connectivity index is 1.51. The van der Waals surface area contributed by atoms with Crippen LogP contribution < -0.4 is 10.0 Å². The number of imidazole rings is 1. The van der Waals surface area contributed by atoms with Crippen LogP contribution >= 0.6 is 0 Å². The summed E-state index contributed by atoms with van der Waals surface area (Å²) in [6, 6.07) is 10.1. The van der Waals surface area contributed by atoms with E-state index in [1.807, 2.05) is 41.9 Å². The van der Waals surface area contributed by atoms with E-state index >= 15 is 0 Å². The molecule has 0 fully saturated rings. The van der Waals surface area contributed by atoms with Gasteiger partial charge in [0.1, 0.15) is 0 Å². The molecule has 0 spiro atoms. The van der Waals surface area contributed by atoms with Gasteiger partial charge in [0.2, 0.25) is 5.52 Å². The van der Waals surface area contributed by atoms with Crippen molar-refractivity contribution in [3.8, 4) is 0 Å². The van der Waals surface area contributed by atoms with Crippen LogP contribution in [0.2, 0.25) is 0 Å². The monoisotopic (exact) mass is 528 g/mol. The van der Waals surface area contributed by atoms with Gasteiger partial charge in [0, 0.05) is 0 Å². The molecule has 0 radical (unpaired) electrons. The number of hydrogen-bond donors (Lipinski definition) is 1. The number of rotatable bonds is 15. The first-order valence-electron chi connectivity index (χ1n) is 14.0. The number of nitrogens with zero attached hydrogens (tertiary/aromatic N) is 4. The van der Waals surface area contributed by atoms with Crippen LogP contribution in [0.4, 0.5) is 5.82 Å². The molecule has 1 N–H and O–H groups in total. The van der Waals surface area contributed by atoms with Gasteiger partial charge in [0.25, 0.3) is 0 Å². The third-order valence-electron chi connectivity index (χ3n) is 6.78. The molecule has 6 heteroatoms. The first kappa shape index (κ1) is 30.0. The molecule has 2 heterocycles. The highest BCUT2D eigenvalue weighted by atomic mass is 16.6. The lowest BCUT2D eigenvalue weighted by molar-refractivity contribution is -0.647. The third-order valence-corrected chi connectivity index (χ3v) is 6.78. The predicted octanol–water partition coefficient (Wildman–Crippen LogP) is 7.95. The molecule has 3 rings (SSSR count). The van der Waals surface area contributed by atoms with E-state index in [0.717, 1.165) is 61.8 Å². The van der Waals surface area contributed by atoms with Crippen molar-refractivity contribution in [1.29, 1.82) is 0 Å². The van der Waals surface area contributed by atoms with Crippen molar-refractivity contribution in [2.24, 2.45) is 7.05 Å². The van der Waals surface area contributed by atoms with Crippen LogP contribution in [-0.4, -0.2) is 14.5 Å². The number of fused-ring (bicyclic) bond motifs is 1. The fraction of sp³-hybridized carbons (Fsp3) is 0.424. The maximum Gasteiger partial charge on any atom is 0.307 e. The van der Waals surface area contributed by atoms with Gasteiger partial charge in [-0.2, -0.15) is 4.98 Å². The summed E-state index contributed by atoms with van der Waals surface area (Å²) in [5.74, 6) is 0.669. The molecular formula is C33H46N5O+. The molecule has 0 unspecified atom stereocenters. The second kappa shape index (κ2) is 15.8. The van der Waals surface area contributed by atoms with E-state index < -0.39 is 0 Å². The van der Waals surface area contributed by atoms with Crippen LogP contribution in [0.15, 0.2) is 89.6 Å². The van der Waals surface area contributed by atoms with E-state index in [9.17, 15) is 0 Å². The van der Waals surface area contributed by atoms with Gasteiger partial charge in [0.05, 0.1) is 20.2 Å². The molecule has 2 aromatic heterocycles. The zero-order valence-electron chi connectivity index (χ0n) is 24.7. The van der Waals surface area contributed by atoms with E-state index in [-0.39, 0.29) is 0 Å². The first-order valence-corrected chi connectivity index (χ1v) is 14.0.